The number of carbonyl (C=O) groups excluding carboxylic acids is 1. The SMILES string of the molecule is C=C/C=C\C=C/CCc1ccc(C)c(CCC/C(=C(/C#N)C(N)=O)c2ccc(C)cc2)c1. The Bertz CT molecular complexity index is 1060. The van der Waals surface area contributed by atoms with E-state index in [9.17, 15) is 10.1 Å². The van der Waals surface area contributed by atoms with Gasteiger partial charge in [0.05, 0.1) is 0 Å². The van der Waals surface area contributed by atoms with E-state index in [1.807, 2.05) is 55.5 Å². The van der Waals surface area contributed by atoms with Crippen molar-refractivity contribution < 1.29 is 4.79 Å². The second kappa shape index (κ2) is 12.9. The van der Waals surface area contributed by atoms with Gasteiger partial charge in [0.1, 0.15) is 11.6 Å². The van der Waals surface area contributed by atoms with Crippen LogP contribution in [0.5, 0.6) is 0 Å². The summed E-state index contributed by atoms with van der Waals surface area (Å²) in [5, 5.41) is 9.51. The molecule has 0 aliphatic carbocycles. The average molecular weight is 425 g/mol. The normalized spacial score (nSPS) is 12.0. The van der Waals surface area contributed by atoms with Gasteiger partial charge in [0.15, 0.2) is 0 Å². The van der Waals surface area contributed by atoms with Crippen LogP contribution in [0.3, 0.4) is 0 Å². The summed E-state index contributed by atoms with van der Waals surface area (Å²) in [6.07, 6.45) is 14.2. The van der Waals surface area contributed by atoms with E-state index in [0.717, 1.165) is 42.4 Å². The molecule has 0 atom stereocenters. The first-order valence-electron chi connectivity index (χ1n) is 11.0. The molecule has 2 rings (SSSR count). The van der Waals surface area contributed by atoms with Crippen LogP contribution in [-0.2, 0) is 17.6 Å². The number of benzene rings is 2. The smallest absolute Gasteiger partial charge is 0.259 e. The van der Waals surface area contributed by atoms with Gasteiger partial charge in [0.25, 0.3) is 5.91 Å². The monoisotopic (exact) mass is 424 g/mol. The van der Waals surface area contributed by atoms with Crippen molar-refractivity contribution in [3.8, 4) is 6.07 Å². The summed E-state index contributed by atoms with van der Waals surface area (Å²) in [5.41, 5.74) is 12.2. The Morgan fingerprint density at radius 3 is 2.47 bits per heavy atom. The van der Waals surface area contributed by atoms with Gasteiger partial charge in [-0.15, -0.1) is 0 Å². The number of nitriles is 1. The van der Waals surface area contributed by atoms with Gasteiger partial charge in [0.2, 0.25) is 0 Å². The third-order valence-electron chi connectivity index (χ3n) is 5.44. The molecule has 32 heavy (non-hydrogen) atoms. The molecule has 0 bridgehead atoms. The second-order valence-corrected chi connectivity index (χ2v) is 7.90. The van der Waals surface area contributed by atoms with E-state index < -0.39 is 5.91 Å². The summed E-state index contributed by atoms with van der Waals surface area (Å²) in [5.74, 6) is -0.669. The molecule has 2 N–H and O–H groups in total. The lowest BCUT2D eigenvalue weighted by atomic mass is 9.92. The van der Waals surface area contributed by atoms with Crippen molar-refractivity contribution in [2.24, 2.45) is 5.73 Å². The van der Waals surface area contributed by atoms with Crippen molar-refractivity contribution >= 4 is 11.5 Å². The van der Waals surface area contributed by atoms with Crippen molar-refractivity contribution in [3.05, 3.63) is 113 Å². The zero-order valence-electron chi connectivity index (χ0n) is 19.1. The van der Waals surface area contributed by atoms with E-state index in [0.29, 0.717) is 6.42 Å². The van der Waals surface area contributed by atoms with Gasteiger partial charge >= 0.3 is 0 Å². The molecule has 0 aliphatic heterocycles. The highest BCUT2D eigenvalue weighted by atomic mass is 16.1. The maximum Gasteiger partial charge on any atom is 0.259 e. The third-order valence-corrected chi connectivity index (χ3v) is 5.44. The molecule has 0 fully saturated rings. The molecule has 1 amide bonds. The summed E-state index contributed by atoms with van der Waals surface area (Å²) in [4.78, 5) is 11.9. The van der Waals surface area contributed by atoms with Crippen molar-refractivity contribution in [3.63, 3.8) is 0 Å². The maximum absolute atomic E-state index is 11.9. The van der Waals surface area contributed by atoms with Crippen LogP contribution in [0, 0.1) is 25.2 Å². The fraction of sp³-hybridized carbons (Fsp3) is 0.241. The third kappa shape index (κ3) is 7.56. The number of nitrogens with zero attached hydrogens (tertiary/aromatic N) is 1. The van der Waals surface area contributed by atoms with Crippen LogP contribution in [0.15, 0.2) is 85.0 Å². The molecule has 0 aliphatic rings. The largest absolute Gasteiger partial charge is 0.365 e. The number of rotatable bonds is 11. The van der Waals surface area contributed by atoms with E-state index >= 15 is 0 Å². The van der Waals surface area contributed by atoms with E-state index in [1.54, 1.807) is 6.08 Å². The molecule has 0 heterocycles. The maximum atomic E-state index is 11.9. The predicted octanol–water partition coefficient (Wildman–Crippen LogP) is 6.32. The van der Waals surface area contributed by atoms with E-state index in [4.69, 9.17) is 5.73 Å². The van der Waals surface area contributed by atoms with Gasteiger partial charge in [-0.05, 0) is 73.8 Å². The summed E-state index contributed by atoms with van der Waals surface area (Å²) in [6.45, 7) is 7.80. The molecule has 2 aromatic carbocycles. The fourth-order valence-electron chi connectivity index (χ4n) is 3.61. The molecular formula is C29H32N2O. The molecule has 0 aromatic heterocycles. The number of hydrogen-bond acceptors (Lipinski definition) is 2. The number of aryl methyl sites for hydroxylation is 4. The highest BCUT2D eigenvalue weighted by Crippen LogP contribution is 2.26. The average Bonchev–Trinajstić information content (AvgIpc) is 2.78. The zero-order chi connectivity index (χ0) is 23.3. The lowest BCUT2D eigenvalue weighted by Gasteiger charge is -2.12. The molecule has 164 valence electrons. The van der Waals surface area contributed by atoms with Gasteiger partial charge in [-0.1, -0.05) is 85.0 Å². The second-order valence-electron chi connectivity index (χ2n) is 7.90. The van der Waals surface area contributed by atoms with E-state index in [1.165, 1.54) is 16.7 Å². The number of primary amides is 1. The highest BCUT2D eigenvalue weighted by molar-refractivity contribution is 6.04. The van der Waals surface area contributed by atoms with Crippen LogP contribution in [0.25, 0.3) is 5.57 Å². The Hall–Kier alpha value is -3.64. The van der Waals surface area contributed by atoms with Crippen molar-refractivity contribution in [1.29, 1.82) is 5.26 Å². The quantitative estimate of drug-likeness (QED) is 0.260. The Morgan fingerprint density at radius 2 is 1.81 bits per heavy atom. The van der Waals surface area contributed by atoms with Gasteiger partial charge < -0.3 is 5.73 Å². The first-order valence-corrected chi connectivity index (χ1v) is 11.0. The first-order chi connectivity index (χ1) is 15.5. The van der Waals surface area contributed by atoms with Crippen LogP contribution in [0.2, 0.25) is 0 Å². The predicted molar refractivity (Wildman–Crippen MR) is 134 cm³/mol. The number of carbonyl (C=O) groups is 1. The lowest BCUT2D eigenvalue weighted by molar-refractivity contribution is -0.114. The molecule has 0 saturated carbocycles. The zero-order valence-corrected chi connectivity index (χ0v) is 19.1. The fourth-order valence-corrected chi connectivity index (χ4v) is 3.61. The minimum atomic E-state index is -0.669. The summed E-state index contributed by atoms with van der Waals surface area (Å²) in [7, 11) is 0. The topological polar surface area (TPSA) is 66.9 Å². The molecule has 3 nitrogen and oxygen atoms in total. The molecular weight excluding hydrogens is 392 g/mol. The van der Waals surface area contributed by atoms with Crippen LogP contribution in [0.4, 0.5) is 0 Å². The first kappa shape index (κ1) is 24.6. The van der Waals surface area contributed by atoms with Gasteiger partial charge in [-0.2, -0.15) is 5.26 Å². The standard InChI is InChI=1S/C29H32N2O/c1-4-5-6-7-8-9-11-24-17-16-23(3)26(20-24)12-10-13-27(28(21-30)29(31)32)25-18-14-22(2)15-19-25/h4-8,14-20H,1,9-13H2,2-3H3,(H2,31,32)/b6-5-,8-7-,28-27+. The Morgan fingerprint density at radius 1 is 1.06 bits per heavy atom. The van der Waals surface area contributed by atoms with Gasteiger partial charge in [0, 0.05) is 0 Å². The minimum Gasteiger partial charge on any atom is -0.365 e. The Labute approximate surface area is 192 Å². The molecule has 3 heteroatoms. The molecule has 0 spiro atoms. The molecule has 2 aromatic rings. The van der Waals surface area contributed by atoms with Crippen molar-refractivity contribution in [2.75, 3.05) is 0 Å². The number of allylic oxidation sites excluding steroid dienone is 6. The summed E-state index contributed by atoms with van der Waals surface area (Å²) in [6, 6.07) is 16.5. The number of nitrogens with two attached hydrogens (primary N) is 1. The summed E-state index contributed by atoms with van der Waals surface area (Å²) >= 11 is 0. The molecule has 0 unspecified atom stereocenters. The molecule has 0 radical (unpaired) electrons. The highest BCUT2D eigenvalue weighted by Gasteiger charge is 2.14. The van der Waals surface area contributed by atoms with Crippen LogP contribution in [-0.4, -0.2) is 5.91 Å². The van der Waals surface area contributed by atoms with Gasteiger partial charge in [-0.25, -0.2) is 0 Å². The minimum absolute atomic E-state index is 0.0524. The van der Waals surface area contributed by atoms with Crippen molar-refractivity contribution in [2.45, 2.75) is 46.0 Å². The summed E-state index contributed by atoms with van der Waals surface area (Å²) < 4.78 is 0. The molecule has 0 saturated heterocycles. The van der Waals surface area contributed by atoms with Crippen LogP contribution in [0.1, 0.15) is 47.1 Å². The van der Waals surface area contributed by atoms with E-state index in [2.05, 4.69) is 37.8 Å². The lowest BCUT2D eigenvalue weighted by Crippen LogP contribution is -2.14. The Balaban J connectivity index is 2.10. The van der Waals surface area contributed by atoms with Crippen molar-refractivity contribution in [1.82, 2.24) is 0 Å². The van der Waals surface area contributed by atoms with Gasteiger partial charge in [-0.3, -0.25) is 4.79 Å². The van der Waals surface area contributed by atoms with Crippen LogP contribution >= 0.6 is 0 Å². The van der Waals surface area contributed by atoms with Crippen LogP contribution < -0.4 is 5.73 Å². The number of hydrogen-bond donors (Lipinski definition) is 1. The van der Waals surface area contributed by atoms with E-state index in [-0.39, 0.29) is 5.57 Å². The Kier molecular flexibility index (Phi) is 9.94. The number of amides is 1.